The molecular weight excluding hydrogens is 388 g/mol. The van der Waals surface area contributed by atoms with Gasteiger partial charge < -0.3 is 19.9 Å². The first kappa shape index (κ1) is 24.3. The molecule has 11 heteroatoms. The molecule has 0 radical (unpaired) electrons. The summed E-state index contributed by atoms with van der Waals surface area (Å²) >= 11 is 0. The Morgan fingerprint density at radius 3 is 2.52 bits per heavy atom. The van der Waals surface area contributed by atoms with Crippen molar-refractivity contribution in [2.24, 2.45) is 11.8 Å². The number of esters is 1. The molecule has 1 rings (SSSR count). The average Bonchev–Trinajstić information content (AvgIpc) is 2.63. The number of rotatable bonds is 12. The quantitative estimate of drug-likeness (QED) is 0.227. The van der Waals surface area contributed by atoms with Gasteiger partial charge in [-0.3, -0.25) is 15.2 Å². The lowest BCUT2D eigenvalue weighted by molar-refractivity contribution is -0.497. The van der Waals surface area contributed by atoms with Crippen LogP contribution in [-0.2, 0) is 25.7 Å². The first-order chi connectivity index (χ1) is 13.7. The molecule has 4 N–H and O–H groups in total. The minimum atomic E-state index is -0.946. The van der Waals surface area contributed by atoms with Gasteiger partial charge in [-0.1, -0.05) is 26.0 Å². The van der Waals surface area contributed by atoms with Gasteiger partial charge >= 0.3 is 18.0 Å². The number of nitrogens with zero attached hydrogens (tertiary/aromatic N) is 1. The Labute approximate surface area is 167 Å². The number of amides is 1. The fourth-order valence-electron chi connectivity index (χ4n) is 2.57. The van der Waals surface area contributed by atoms with Crippen molar-refractivity contribution in [3.05, 3.63) is 35.4 Å². The second kappa shape index (κ2) is 12.7. The van der Waals surface area contributed by atoms with Crippen LogP contribution >= 0.6 is 0 Å². The number of carbonyl (C=O) groups is 3. The van der Waals surface area contributed by atoms with Crippen molar-refractivity contribution in [3.8, 4) is 0 Å². The zero-order chi connectivity index (χ0) is 21.8. The number of carboxylic acid groups (broad SMARTS) is 1. The van der Waals surface area contributed by atoms with Crippen LogP contribution < -0.4 is 5.32 Å². The Balaban J connectivity index is 2.40. The van der Waals surface area contributed by atoms with Crippen molar-refractivity contribution in [2.45, 2.75) is 33.3 Å². The molecule has 1 aromatic rings. The monoisotopic (exact) mass is 414 g/mol. The third-order valence-corrected chi connectivity index (χ3v) is 3.69. The lowest BCUT2D eigenvalue weighted by atomic mass is 9.94. The molecule has 1 atom stereocenters. The Morgan fingerprint density at radius 2 is 1.90 bits per heavy atom. The van der Waals surface area contributed by atoms with Crippen LogP contribution in [0.4, 0.5) is 4.79 Å². The molecule has 0 aliphatic rings. The molecule has 1 amide bonds. The van der Waals surface area contributed by atoms with E-state index >= 15 is 0 Å². The normalized spacial score (nSPS) is 11.9. The minimum absolute atomic E-state index is 0.0716. The van der Waals surface area contributed by atoms with Crippen molar-refractivity contribution in [1.29, 1.82) is 0 Å². The predicted molar refractivity (Wildman–Crippen MR) is 96.6 cm³/mol. The Hall–Kier alpha value is -2.73. The minimum Gasteiger partial charge on any atom is -0.481 e. The van der Waals surface area contributed by atoms with Gasteiger partial charge in [0.15, 0.2) is 0 Å². The van der Waals surface area contributed by atoms with Gasteiger partial charge in [0.2, 0.25) is 6.79 Å². The van der Waals surface area contributed by atoms with Crippen LogP contribution in [0.25, 0.3) is 0 Å². The lowest BCUT2D eigenvalue weighted by Crippen LogP contribution is -2.32. The van der Waals surface area contributed by atoms with E-state index in [1.165, 1.54) is 12.1 Å². The number of benzene rings is 1. The van der Waals surface area contributed by atoms with E-state index in [0.717, 1.165) is 0 Å². The van der Waals surface area contributed by atoms with Crippen LogP contribution in [0, 0.1) is 11.8 Å². The van der Waals surface area contributed by atoms with E-state index in [9.17, 15) is 14.4 Å². The molecule has 0 aliphatic carbocycles. The van der Waals surface area contributed by atoms with Gasteiger partial charge in [0, 0.05) is 13.0 Å². The van der Waals surface area contributed by atoms with Gasteiger partial charge in [0.05, 0.1) is 17.6 Å². The molecule has 0 saturated carbocycles. The number of hydrogen-bond acceptors (Lipinski definition) is 9. The molecule has 0 saturated heterocycles. The summed E-state index contributed by atoms with van der Waals surface area (Å²) in [6.45, 7) is 3.22. The number of hydrogen-bond donors (Lipinski definition) is 4. The average molecular weight is 414 g/mol. The number of nitrogens with one attached hydrogen (secondary N) is 1. The first-order valence-corrected chi connectivity index (χ1v) is 8.86. The zero-order valence-electron chi connectivity index (χ0n) is 16.2. The van der Waals surface area contributed by atoms with Crippen molar-refractivity contribution < 1.29 is 44.2 Å². The number of carbonyl (C=O) groups excluding carboxylic acids is 2. The molecule has 1 unspecified atom stereocenters. The van der Waals surface area contributed by atoms with E-state index in [1.807, 2.05) is 13.8 Å². The van der Waals surface area contributed by atoms with Gasteiger partial charge in [-0.05, 0) is 36.0 Å². The van der Waals surface area contributed by atoms with Crippen LogP contribution in [0.2, 0.25) is 0 Å². The maximum absolute atomic E-state index is 12.0. The van der Waals surface area contributed by atoms with Gasteiger partial charge in [-0.25, -0.2) is 14.4 Å². The maximum atomic E-state index is 12.0. The highest BCUT2D eigenvalue weighted by Crippen LogP contribution is 2.14. The molecule has 0 fully saturated rings. The SMILES string of the molecule is CC(C)CC(CNC(=O)OCOC(=O)c1cccc(CON(O)O)c1)CC(=O)O. The topological polar surface area (TPSA) is 155 Å². The third kappa shape index (κ3) is 11.0. The summed E-state index contributed by atoms with van der Waals surface area (Å²) in [5.41, 5.74) is 0.622. The van der Waals surface area contributed by atoms with Crippen LogP contribution in [0.15, 0.2) is 24.3 Å². The van der Waals surface area contributed by atoms with E-state index in [2.05, 4.69) is 10.2 Å². The lowest BCUT2D eigenvalue weighted by Gasteiger charge is -2.17. The van der Waals surface area contributed by atoms with E-state index in [-0.39, 0.29) is 37.0 Å². The zero-order valence-corrected chi connectivity index (χ0v) is 16.2. The Morgan fingerprint density at radius 1 is 1.17 bits per heavy atom. The molecule has 29 heavy (non-hydrogen) atoms. The number of aliphatic carboxylic acids is 1. The number of carboxylic acids is 1. The summed E-state index contributed by atoms with van der Waals surface area (Å²) in [5, 5.41) is 28.0. The van der Waals surface area contributed by atoms with E-state index in [0.29, 0.717) is 12.0 Å². The summed E-state index contributed by atoms with van der Waals surface area (Å²) < 4.78 is 9.61. The summed E-state index contributed by atoms with van der Waals surface area (Å²) in [6.07, 6.45) is -0.269. The van der Waals surface area contributed by atoms with Crippen molar-refractivity contribution in [1.82, 2.24) is 10.7 Å². The van der Waals surface area contributed by atoms with Crippen molar-refractivity contribution in [3.63, 3.8) is 0 Å². The second-order valence-electron chi connectivity index (χ2n) is 6.68. The fourth-order valence-corrected chi connectivity index (χ4v) is 2.57. The molecule has 0 bridgehead atoms. The largest absolute Gasteiger partial charge is 0.481 e. The van der Waals surface area contributed by atoms with Crippen LogP contribution in [0.3, 0.4) is 0 Å². The Kier molecular flexibility index (Phi) is 10.6. The predicted octanol–water partition coefficient (Wildman–Crippen LogP) is 2.18. The molecule has 1 aromatic carbocycles. The molecule has 11 nitrogen and oxygen atoms in total. The summed E-state index contributed by atoms with van der Waals surface area (Å²) in [7, 11) is 0. The first-order valence-electron chi connectivity index (χ1n) is 8.86. The number of ether oxygens (including phenoxy) is 2. The van der Waals surface area contributed by atoms with Gasteiger partial charge in [-0.15, -0.1) is 0 Å². The van der Waals surface area contributed by atoms with Crippen LogP contribution in [0.1, 0.15) is 42.6 Å². The molecular formula is C18H26N2O9. The summed E-state index contributed by atoms with van der Waals surface area (Å²) in [4.78, 5) is 39.0. The maximum Gasteiger partial charge on any atom is 0.410 e. The second-order valence-corrected chi connectivity index (χ2v) is 6.68. The van der Waals surface area contributed by atoms with Gasteiger partial charge in [0.25, 0.3) is 0 Å². The highest BCUT2D eigenvalue weighted by Gasteiger charge is 2.17. The van der Waals surface area contributed by atoms with Crippen molar-refractivity contribution in [2.75, 3.05) is 13.3 Å². The molecule has 0 heterocycles. The highest BCUT2D eigenvalue weighted by atomic mass is 17.1. The van der Waals surface area contributed by atoms with Crippen molar-refractivity contribution >= 4 is 18.0 Å². The molecule has 0 spiro atoms. The Bertz CT molecular complexity index is 679. The number of alkyl carbamates (subject to hydrolysis) is 1. The van der Waals surface area contributed by atoms with Crippen LogP contribution in [0.5, 0.6) is 0 Å². The van der Waals surface area contributed by atoms with E-state index in [1.54, 1.807) is 12.1 Å². The standard InChI is InChI=1S/C18H26N2O9/c1-12(2)6-14(8-16(21)22)9-19-18(24)28-11-27-17(23)15-5-3-4-13(7-15)10-29-20(25)26/h3-5,7,12,14,25-26H,6,8-11H2,1-2H3,(H,19,24)(H,21,22). The van der Waals surface area contributed by atoms with E-state index in [4.69, 9.17) is 25.0 Å². The molecule has 162 valence electrons. The highest BCUT2D eigenvalue weighted by molar-refractivity contribution is 5.89. The fraction of sp³-hybridized carbons (Fsp3) is 0.500. The third-order valence-electron chi connectivity index (χ3n) is 3.69. The summed E-state index contributed by atoms with van der Waals surface area (Å²) in [6, 6.07) is 6.01. The smallest absolute Gasteiger partial charge is 0.410 e. The summed E-state index contributed by atoms with van der Waals surface area (Å²) in [5.74, 6) is -1.66. The van der Waals surface area contributed by atoms with Gasteiger partial charge in [0.1, 0.15) is 0 Å². The molecule has 0 aromatic heterocycles. The van der Waals surface area contributed by atoms with Crippen LogP contribution in [-0.4, -0.2) is 52.3 Å². The van der Waals surface area contributed by atoms with E-state index < -0.39 is 30.2 Å². The molecule has 0 aliphatic heterocycles. The van der Waals surface area contributed by atoms with Gasteiger partial charge in [-0.2, -0.15) is 0 Å².